The Morgan fingerprint density at radius 3 is 2.56 bits per heavy atom. The van der Waals surface area contributed by atoms with Gasteiger partial charge in [-0.05, 0) is 25.8 Å². The first-order chi connectivity index (χ1) is 15.3. The molecule has 1 saturated carbocycles. The summed E-state index contributed by atoms with van der Waals surface area (Å²) in [6, 6.07) is 1.56. The molecule has 10 heteroatoms. The van der Waals surface area contributed by atoms with Crippen molar-refractivity contribution in [3.05, 3.63) is 34.9 Å². The molecule has 2 amide bonds. The largest absolute Gasteiger partial charge is 0.465 e. The van der Waals surface area contributed by atoms with Crippen LogP contribution in [0.5, 0.6) is 0 Å². The van der Waals surface area contributed by atoms with Gasteiger partial charge in [0.2, 0.25) is 17.7 Å². The number of nitrogens with one attached hydrogen (secondary N) is 2. The Morgan fingerprint density at radius 1 is 1.19 bits per heavy atom. The van der Waals surface area contributed by atoms with Crippen LogP contribution in [0.15, 0.2) is 15.0 Å². The number of carbonyl (C=O) groups is 3. The summed E-state index contributed by atoms with van der Waals surface area (Å²) in [6.45, 7) is 3.30. The molecule has 0 spiro atoms. The highest BCUT2D eigenvalue weighted by atomic mass is 16.5. The van der Waals surface area contributed by atoms with Crippen LogP contribution in [0.3, 0.4) is 0 Å². The molecular formula is C22H30N4O6. The zero-order valence-corrected chi connectivity index (χ0v) is 18.8. The molecule has 0 atom stereocenters. The molecule has 0 bridgehead atoms. The van der Waals surface area contributed by atoms with Crippen molar-refractivity contribution < 1.29 is 28.1 Å². The van der Waals surface area contributed by atoms with Crippen molar-refractivity contribution in [1.82, 2.24) is 20.8 Å². The van der Waals surface area contributed by atoms with E-state index in [-0.39, 0.29) is 31.2 Å². The number of aromatic nitrogens is 2. The zero-order chi connectivity index (χ0) is 23.1. The number of carbonyl (C=O) groups excluding carboxylic acids is 3. The third-order valence-corrected chi connectivity index (χ3v) is 5.67. The lowest BCUT2D eigenvalue weighted by Crippen LogP contribution is -2.45. The van der Waals surface area contributed by atoms with Gasteiger partial charge in [0.15, 0.2) is 5.82 Å². The highest BCUT2D eigenvalue weighted by molar-refractivity contribution is 5.90. The lowest BCUT2D eigenvalue weighted by molar-refractivity contribution is -0.122. The van der Waals surface area contributed by atoms with Crippen LogP contribution < -0.4 is 10.6 Å². The molecule has 10 nitrogen and oxygen atoms in total. The van der Waals surface area contributed by atoms with Crippen molar-refractivity contribution in [2.45, 2.75) is 77.3 Å². The van der Waals surface area contributed by atoms with Gasteiger partial charge in [0, 0.05) is 19.8 Å². The maximum absolute atomic E-state index is 12.2. The van der Waals surface area contributed by atoms with E-state index in [9.17, 15) is 14.4 Å². The molecular weight excluding hydrogens is 416 g/mol. The maximum atomic E-state index is 12.2. The molecule has 3 rings (SSSR count). The van der Waals surface area contributed by atoms with Gasteiger partial charge in [-0.3, -0.25) is 9.59 Å². The highest BCUT2D eigenvalue weighted by Crippen LogP contribution is 2.34. The molecule has 0 unspecified atom stereocenters. The van der Waals surface area contributed by atoms with Crippen LogP contribution in [0.25, 0.3) is 0 Å². The zero-order valence-electron chi connectivity index (χ0n) is 18.8. The summed E-state index contributed by atoms with van der Waals surface area (Å²) in [5.41, 5.74) is -0.275. The number of nitrogens with zero attached hydrogens (tertiary/aromatic N) is 2. The van der Waals surface area contributed by atoms with E-state index in [2.05, 4.69) is 20.8 Å². The molecule has 0 saturated heterocycles. The number of aryl methyl sites for hydroxylation is 2. The monoisotopic (exact) mass is 446 g/mol. The van der Waals surface area contributed by atoms with Crippen LogP contribution >= 0.6 is 0 Å². The summed E-state index contributed by atoms with van der Waals surface area (Å²) < 4.78 is 15.5. The third-order valence-electron chi connectivity index (χ3n) is 5.67. The molecule has 32 heavy (non-hydrogen) atoms. The number of hydrogen-bond acceptors (Lipinski definition) is 8. The van der Waals surface area contributed by atoms with E-state index in [0.717, 1.165) is 38.5 Å². The van der Waals surface area contributed by atoms with Crippen LogP contribution in [-0.2, 0) is 32.8 Å². The number of rotatable bonds is 8. The summed E-state index contributed by atoms with van der Waals surface area (Å²) >= 11 is 0. The molecule has 0 aliphatic heterocycles. The third kappa shape index (κ3) is 5.74. The van der Waals surface area contributed by atoms with E-state index >= 15 is 0 Å². The molecule has 1 aliphatic rings. The summed E-state index contributed by atoms with van der Waals surface area (Å²) in [5.74, 6) is 0.901. The Labute approximate surface area is 186 Å². The molecule has 1 aliphatic carbocycles. The molecule has 2 heterocycles. The predicted molar refractivity (Wildman–Crippen MR) is 112 cm³/mol. The molecule has 2 aromatic heterocycles. The van der Waals surface area contributed by atoms with Crippen LogP contribution in [-0.4, -0.2) is 35.0 Å². The average Bonchev–Trinajstić information content (AvgIpc) is 3.32. The van der Waals surface area contributed by atoms with Crippen molar-refractivity contribution in [3.8, 4) is 0 Å². The van der Waals surface area contributed by atoms with Gasteiger partial charge in [0.25, 0.3) is 0 Å². The fraction of sp³-hybridized carbons (Fsp3) is 0.591. The van der Waals surface area contributed by atoms with Gasteiger partial charge in [-0.15, -0.1) is 0 Å². The van der Waals surface area contributed by atoms with Crippen LogP contribution in [0.1, 0.15) is 85.5 Å². The molecule has 0 radical (unpaired) electrons. The van der Waals surface area contributed by atoms with E-state index in [1.54, 1.807) is 13.0 Å². The second kappa shape index (κ2) is 10.4. The Morgan fingerprint density at radius 2 is 1.91 bits per heavy atom. The summed E-state index contributed by atoms with van der Waals surface area (Å²) in [5, 5.41) is 9.91. The van der Waals surface area contributed by atoms with Gasteiger partial charge >= 0.3 is 5.97 Å². The van der Waals surface area contributed by atoms with E-state index in [1.807, 2.05) is 0 Å². The second-order valence-electron chi connectivity index (χ2n) is 8.14. The molecule has 0 aromatic carbocycles. The summed E-state index contributed by atoms with van der Waals surface area (Å²) in [4.78, 5) is 40.2. The minimum Gasteiger partial charge on any atom is -0.465 e. The standard InChI is InChI=1S/C22H30N4O6/c1-14-17(20(29)30-3)12-16(31-14)13-23-18(28)8-9-19-24-21(26-32-19)22(25-15(2)27)10-6-4-5-7-11-22/h12H,4-11,13H2,1-3H3,(H,23,28)(H,25,27). The fourth-order valence-electron chi connectivity index (χ4n) is 4.06. The lowest BCUT2D eigenvalue weighted by atomic mass is 9.89. The van der Waals surface area contributed by atoms with Crippen molar-refractivity contribution in [2.24, 2.45) is 0 Å². The topological polar surface area (TPSA) is 137 Å². The number of amides is 2. The first-order valence-corrected chi connectivity index (χ1v) is 10.9. The van der Waals surface area contributed by atoms with Gasteiger partial charge in [0.1, 0.15) is 22.6 Å². The molecule has 2 aromatic rings. The Bertz CT molecular complexity index is 956. The van der Waals surface area contributed by atoms with E-state index in [0.29, 0.717) is 28.8 Å². The Hall–Kier alpha value is -3.17. The minimum atomic E-state index is -0.610. The normalized spacial score (nSPS) is 15.6. The van der Waals surface area contributed by atoms with Crippen LogP contribution in [0, 0.1) is 6.92 Å². The van der Waals surface area contributed by atoms with Crippen LogP contribution in [0.2, 0.25) is 0 Å². The fourth-order valence-corrected chi connectivity index (χ4v) is 4.06. The highest BCUT2D eigenvalue weighted by Gasteiger charge is 2.38. The molecule has 2 N–H and O–H groups in total. The number of furan rings is 1. The summed E-state index contributed by atoms with van der Waals surface area (Å²) in [6.07, 6.45) is 6.15. The van der Waals surface area contributed by atoms with Crippen molar-refractivity contribution >= 4 is 17.8 Å². The number of esters is 1. The Balaban J connectivity index is 1.55. The average molecular weight is 447 g/mol. The van der Waals surface area contributed by atoms with E-state index < -0.39 is 11.5 Å². The van der Waals surface area contributed by atoms with Gasteiger partial charge in [-0.2, -0.15) is 4.98 Å². The van der Waals surface area contributed by atoms with Crippen molar-refractivity contribution in [2.75, 3.05) is 7.11 Å². The van der Waals surface area contributed by atoms with Crippen molar-refractivity contribution in [1.29, 1.82) is 0 Å². The van der Waals surface area contributed by atoms with Crippen LogP contribution in [0.4, 0.5) is 0 Å². The second-order valence-corrected chi connectivity index (χ2v) is 8.14. The minimum absolute atomic E-state index is 0.124. The van der Waals surface area contributed by atoms with E-state index in [1.165, 1.54) is 14.0 Å². The molecule has 174 valence electrons. The van der Waals surface area contributed by atoms with Crippen molar-refractivity contribution in [3.63, 3.8) is 0 Å². The van der Waals surface area contributed by atoms with E-state index in [4.69, 9.17) is 13.7 Å². The lowest BCUT2D eigenvalue weighted by Gasteiger charge is -2.30. The number of ether oxygens (including phenoxy) is 1. The number of methoxy groups -OCH3 is 1. The van der Waals surface area contributed by atoms with Gasteiger partial charge in [-0.1, -0.05) is 30.8 Å². The summed E-state index contributed by atoms with van der Waals surface area (Å²) in [7, 11) is 1.30. The first kappa shape index (κ1) is 23.5. The number of hydrogen-bond donors (Lipinski definition) is 2. The predicted octanol–water partition coefficient (Wildman–Crippen LogP) is 2.69. The maximum Gasteiger partial charge on any atom is 0.341 e. The quantitative estimate of drug-likeness (QED) is 0.466. The van der Waals surface area contributed by atoms with Gasteiger partial charge in [0.05, 0.1) is 13.7 Å². The first-order valence-electron chi connectivity index (χ1n) is 10.9. The molecule has 1 fully saturated rings. The van der Waals surface area contributed by atoms with Gasteiger partial charge in [-0.25, -0.2) is 4.79 Å². The SMILES string of the molecule is COC(=O)c1cc(CNC(=O)CCc2nc(C3(NC(C)=O)CCCCCC3)no2)oc1C. The smallest absolute Gasteiger partial charge is 0.341 e. The Kier molecular flexibility index (Phi) is 7.66. The van der Waals surface area contributed by atoms with Gasteiger partial charge < -0.3 is 24.3 Å².